The van der Waals surface area contributed by atoms with Gasteiger partial charge >= 0.3 is 6.09 Å². The van der Waals surface area contributed by atoms with Gasteiger partial charge in [0.25, 0.3) is 0 Å². The summed E-state index contributed by atoms with van der Waals surface area (Å²) in [5, 5.41) is 2.67. The molecule has 0 unspecified atom stereocenters. The fourth-order valence-electron chi connectivity index (χ4n) is 1.93. The number of aryl methyl sites for hydroxylation is 1. The van der Waals surface area contributed by atoms with E-state index in [1.807, 2.05) is 13.0 Å². The highest BCUT2D eigenvalue weighted by Crippen LogP contribution is 2.23. The Morgan fingerprint density at radius 1 is 1.25 bits per heavy atom. The average molecular weight is 332 g/mol. The van der Waals surface area contributed by atoms with Gasteiger partial charge in [0.1, 0.15) is 17.2 Å². The molecule has 0 aliphatic carbocycles. The normalized spacial score (nSPS) is 11.0. The van der Waals surface area contributed by atoms with Gasteiger partial charge < -0.3 is 14.8 Å². The van der Waals surface area contributed by atoms with Crippen LogP contribution in [-0.2, 0) is 11.3 Å². The number of pyridine rings is 1. The van der Waals surface area contributed by atoms with Gasteiger partial charge in [0.15, 0.2) is 0 Å². The topological polar surface area (TPSA) is 60.5 Å². The molecule has 5 nitrogen and oxygen atoms in total. The summed E-state index contributed by atoms with van der Waals surface area (Å²) in [6.45, 7) is 7.57. The van der Waals surface area contributed by atoms with Crippen LogP contribution in [0, 0.1) is 12.7 Å². The van der Waals surface area contributed by atoms with E-state index in [0.717, 1.165) is 11.1 Å². The number of carbonyl (C=O) groups excluding carboxylic acids is 1. The van der Waals surface area contributed by atoms with Crippen LogP contribution >= 0.6 is 0 Å². The Bertz CT molecular complexity index is 709. The lowest BCUT2D eigenvalue weighted by Crippen LogP contribution is -2.32. The molecule has 1 aromatic carbocycles. The minimum atomic E-state index is -0.537. The average Bonchev–Trinajstić information content (AvgIpc) is 2.48. The Kier molecular flexibility index (Phi) is 5.39. The van der Waals surface area contributed by atoms with E-state index in [1.165, 1.54) is 24.3 Å². The van der Waals surface area contributed by atoms with Crippen LogP contribution < -0.4 is 10.1 Å². The van der Waals surface area contributed by atoms with Crippen LogP contribution in [0.5, 0.6) is 11.6 Å². The fourth-order valence-corrected chi connectivity index (χ4v) is 1.93. The van der Waals surface area contributed by atoms with Crippen molar-refractivity contribution in [1.82, 2.24) is 10.3 Å². The molecular weight excluding hydrogens is 311 g/mol. The number of carbonyl (C=O) groups is 1. The van der Waals surface area contributed by atoms with Crippen molar-refractivity contribution < 1.29 is 18.7 Å². The Morgan fingerprint density at radius 3 is 2.50 bits per heavy atom. The molecule has 0 aliphatic heterocycles. The molecule has 0 radical (unpaired) electrons. The van der Waals surface area contributed by atoms with Gasteiger partial charge in [0.2, 0.25) is 5.88 Å². The van der Waals surface area contributed by atoms with E-state index in [4.69, 9.17) is 9.47 Å². The van der Waals surface area contributed by atoms with Gasteiger partial charge in [-0.1, -0.05) is 0 Å². The second-order valence-corrected chi connectivity index (χ2v) is 6.38. The first-order valence-electron chi connectivity index (χ1n) is 7.59. The Balaban J connectivity index is 1.96. The molecule has 2 rings (SSSR count). The second-order valence-electron chi connectivity index (χ2n) is 6.38. The Morgan fingerprint density at radius 2 is 1.92 bits per heavy atom. The van der Waals surface area contributed by atoms with Gasteiger partial charge in [0, 0.05) is 18.3 Å². The molecule has 0 fully saturated rings. The molecule has 6 heteroatoms. The zero-order valence-electron chi connectivity index (χ0n) is 14.2. The summed E-state index contributed by atoms with van der Waals surface area (Å²) in [4.78, 5) is 15.9. The molecule has 24 heavy (non-hydrogen) atoms. The predicted octanol–water partition coefficient (Wildman–Crippen LogP) is 4.35. The van der Waals surface area contributed by atoms with Crippen molar-refractivity contribution in [3.8, 4) is 11.6 Å². The fraction of sp³-hybridized carbons (Fsp3) is 0.333. The third-order valence-electron chi connectivity index (χ3n) is 2.95. The minimum absolute atomic E-state index is 0.305. The largest absolute Gasteiger partial charge is 0.444 e. The van der Waals surface area contributed by atoms with Crippen LogP contribution in [0.3, 0.4) is 0 Å². The van der Waals surface area contributed by atoms with Crippen molar-refractivity contribution >= 4 is 6.09 Å². The molecule has 1 aromatic heterocycles. The van der Waals surface area contributed by atoms with Crippen LogP contribution in [0.2, 0.25) is 0 Å². The van der Waals surface area contributed by atoms with Gasteiger partial charge in [-0.15, -0.1) is 0 Å². The summed E-state index contributed by atoms with van der Waals surface area (Å²) in [6.07, 6.45) is 1.13. The number of hydrogen-bond donors (Lipinski definition) is 1. The molecular formula is C18H21FN2O3. The number of hydrogen-bond acceptors (Lipinski definition) is 4. The number of nitrogens with zero attached hydrogens (tertiary/aromatic N) is 1. The van der Waals surface area contributed by atoms with Crippen LogP contribution in [0.4, 0.5) is 9.18 Å². The lowest BCUT2D eigenvalue weighted by atomic mass is 10.2. The van der Waals surface area contributed by atoms with Gasteiger partial charge in [-0.2, -0.15) is 0 Å². The molecule has 128 valence electrons. The molecule has 0 atom stereocenters. The number of rotatable bonds is 4. The maximum Gasteiger partial charge on any atom is 0.407 e. The minimum Gasteiger partial charge on any atom is -0.444 e. The highest BCUT2D eigenvalue weighted by Gasteiger charge is 2.15. The molecule has 0 aliphatic rings. The van der Waals surface area contributed by atoms with Crippen molar-refractivity contribution in [2.24, 2.45) is 0 Å². The maximum atomic E-state index is 12.9. The predicted molar refractivity (Wildman–Crippen MR) is 88.5 cm³/mol. The first kappa shape index (κ1) is 17.7. The lowest BCUT2D eigenvalue weighted by molar-refractivity contribution is 0.0523. The van der Waals surface area contributed by atoms with Gasteiger partial charge in [-0.3, -0.25) is 0 Å². The monoisotopic (exact) mass is 332 g/mol. The van der Waals surface area contributed by atoms with Crippen LogP contribution in [0.1, 0.15) is 31.9 Å². The van der Waals surface area contributed by atoms with E-state index < -0.39 is 11.7 Å². The number of nitrogens with one attached hydrogen (secondary N) is 1. The number of ether oxygens (including phenoxy) is 2. The molecule has 0 saturated heterocycles. The highest BCUT2D eigenvalue weighted by molar-refractivity contribution is 5.67. The summed E-state index contributed by atoms with van der Waals surface area (Å²) in [5.41, 5.74) is 1.10. The van der Waals surface area contributed by atoms with E-state index in [1.54, 1.807) is 27.0 Å². The maximum absolute atomic E-state index is 12.9. The van der Waals surface area contributed by atoms with Crippen LogP contribution in [0.25, 0.3) is 0 Å². The first-order valence-corrected chi connectivity index (χ1v) is 7.59. The van der Waals surface area contributed by atoms with Crippen molar-refractivity contribution in [3.05, 3.63) is 53.5 Å². The molecule has 1 N–H and O–H groups in total. The van der Waals surface area contributed by atoms with Crippen molar-refractivity contribution in [2.75, 3.05) is 0 Å². The number of alkyl carbamates (subject to hydrolysis) is 1. The summed E-state index contributed by atoms with van der Waals surface area (Å²) in [7, 11) is 0. The van der Waals surface area contributed by atoms with Crippen LogP contribution in [-0.4, -0.2) is 16.7 Å². The Labute approximate surface area is 140 Å². The quantitative estimate of drug-likeness (QED) is 0.904. The van der Waals surface area contributed by atoms with E-state index in [9.17, 15) is 9.18 Å². The summed E-state index contributed by atoms with van der Waals surface area (Å²) in [5.74, 6) is 0.616. The second kappa shape index (κ2) is 7.29. The smallest absolute Gasteiger partial charge is 0.407 e. The van der Waals surface area contributed by atoms with Crippen molar-refractivity contribution in [2.45, 2.75) is 39.8 Å². The lowest BCUT2D eigenvalue weighted by Gasteiger charge is -2.19. The van der Waals surface area contributed by atoms with E-state index in [2.05, 4.69) is 10.3 Å². The van der Waals surface area contributed by atoms with E-state index >= 15 is 0 Å². The van der Waals surface area contributed by atoms with E-state index in [0.29, 0.717) is 18.2 Å². The van der Waals surface area contributed by atoms with Gasteiger partial charge in [0.05, 0.1) is 0 Å². The van der Waals surface area contributed by atoms with E-state index in [-0.39, 0.29) is 5.82 Å². The standard InChI is InChI=1S/C18H21FN2O3/c1-12-9-13(11-21-17(22)24-18(2,3)4)10-20-16(12)23-15-7-5-14(19)6-8-15/h5-10H,11H2,1-4H3,(H,21,22). The zero-order valence-corrected chi connectivity index (χ0v) is 14.2. The third-order valence-corrected chi connectivity index (χ3v) is 2.95. The molecule has 1 heterocycles. The Hall–Kier alpha value is -2.63. The molecule has 0 saturated carbocycles. The van der Waals surface area contributed by atoms with Crippen LogP contribution in [0.15, 0.2) is 36.5 Å². The van der Waals surface area contributed by atoms with Crippen molar-refractivity contribution in [3.63, 3.8) is 0 Å². The molecule has 2 aromatic rings. The first-order chi connectivity index (χ1) is 11.2. The third kappa shape index (κ3) is 5.53. The summed E-state index contributed by atoms with van der Waals surface area (Å²) in [6, 6.07) is 7.58. The number of aromatic nitrogens is 1. The molecule has 0 spiro atoms. The molecule has 0 bridgehead atoms. The highest BCUT2D eigenvalue weighted by atomic mass is 19.1. The van der Waals surface area contributed by atoms with Crippen molar-refractivity contribution in [1.29, 1.82) is 0 Å². The zero-order chi connectivity index (χ0) is 17.7. The summed E-state index contributed by atoms with van der Waals surface area (Å²) < 4.78 is 23.7. The SMILES string of the molecule is Cc1cc(CNC(=O)OC(C)(C)C)cnc1Oc1ccc(F)cc1. The van der Waals surface area contributed by atoms with Gasteiger partial charge in [-0.25, -0.2) is 14.2 Å². The summed E-state index contributed by atoms with van der Waals surface area (Å²) >= 11 is 0. The number of halogens is 1. The number of amides is 1. The molecule has 1 amide bonds. The van der Waals surface area contributed by atoms with Gasteiger partial charge in [-0.05, 0) is 63.6 Å². The number of benzene rings is 1.